The quantitative estimate of drug-likeness (QED) is 0.409. The Morgan fingerprint density at radius 1 is 1.21 bits per heavy atom. The van der Waals surface area contributed by atoms with Crippen molar-refractivity contribution < 1.29 is 19.1 Å². The van der Waals surface area contributed by atoms with E-state index < -0.39 is 11.7 Å². The monoisotopic (exact) mass is 382 g/mol. The molecular weight excluding hydrogens is 360 g/mol. The third-order valence-corrected chi connectivity index (χ3v) is 4.25. The Morgan fingerprint density at radius 3 is 2.82 bits per heavy atom. The molecule has 0 spiro atoms. The van der Waals surface area contributed by atoms with Crippen LogP contribution >= 0.6 is 0 Å². The molecule has 8 heteroatoms. The molecule has 146 valence electrons. The van der Waals surface area contributed by atoms with E-state index in [1.54, 1.807) is 13.3 Å². The molecule has 28 heavy (non-hydrogen) atoms. The Kier molecular flexibility index (Phi) is 6.33. The molecule has 8 nitrogen and oxygen atoms in total. The van der Waals surface area contributed by atoms with E-state index in [2.05, 4.69) is 15.0 Å². The number of amides is 1. The van der Waals surface area contributed by atoms with Crippen molar-refractivity contribution in [2.45, 2.75) is 19.3 Å². The molecule has 1 amide bonds. The Morgan fingerprint density at radius 2 is 2.04 bits per heavy atom. The number of benzene rings is 1. The highest BCUT2D eigenvalue weighted by atomic mass is 16.5. The van der Waals surface area contributed by atoms with Gasteiger partial charge in [-0.25, -0.2) is 9.97 Å². The molecule has 0 radical (unpaired) electrons. The Balaban J connectivity index is 1.58. The van der Waals surface area contributed by atoms with Gasteiger partial charge in [0.05, 0.1) is 36.7 Å². The minimum absolute atomic E-state index is 0.106. The summed E-state index contributed by atoms with van der Waals surface area (Å²) in [4.78, 5) is 34.0. The van der Waals surface area contributed by atoms with E-state index in [1.807, 2.05) is 30.3 Å². The average Bonchev–Trinajstić information content (AvgIpc) is 3.18. The van der Waals surface area contributed by atoms with E-state index in [4.69, 9.17) is 15.2 Å². The predicted molar refractivity (Wildman–Crippen MR) is 104 cm³/mol. The van der Waals surface area contributed by atoms with Gasteiger partial charge in [0.2, 0.25) is 11.7 Å². The van der Waals surface area contributed by atoms with E-state index in [9.17, 15) is 9.59 Å². The van der Waals surface area contributed by atoms with E-state index in [1.165, 1.54) is 0 Å². The number of para-hydroxylation sites is 1. The van der Waals surface area contributed by atoms with Gasteiger partial charge in [0, 0.05) is 24.8 Å². The fourth-order valence-corrected chi connectivity index (χ4v) is 2.80. The number of H-pyrrole nitrogens is 1. The SMILES string of the molecule is COc1nc2ccccc2cc1-c1cnc(CCOCCCC(=O)C(N)=O)[nH]1. The van der Waals surface area contributed by atoms with Crippen LogP contribution in [0, 0.1) is 0 Å². The second kappa shape index (κ2) is 9.09. The molecular formula is C20H22N4O4. The zero-order valence-electron chi connectivity index (χ0n) is 15.6. The highest BCUT2D eigenvalue weighted by molar-refractivity contribution is 6.35. The molecule has 0 saturated carbocycles. The first kappa shape index (κ1) is 19.5. The number of hydrogen-bond donors (Lipinski definition) is 2. The maximum atomic E-state index is 11.1. The summed E-state index contributed by atoms with van der Waals surface area (Å²) >= 11 is 0. The summed E-state index contributed by atoms with van der Waals surface area (Å²) in [6, 6.07) is 9.86. The summed E-state index contributed by atoms with van der Waals surface area (Å²) in [7, 11) is 1.59. The summed E-state index contributed by atoms with van der Waals surface area (Å²) in [6.45, 7) is 0.833. The molecule has 0 bridgehead atoms. The summed E-state index contributed by atoms with van der Waals surface area (Å²) in [5.41, 5.74) is 7.42. The summed E-state index contributed by atoms with van der Waals surface area (Å²) in [6.07, 6.45) is 2.91. The third-order valence-electron chi connectivity index (χ3n) is 4.25. The highest BCUT2D eigenvalue weighted by Gasteiger charge is 2.12. The van der Waals surface area contributed by atoms with Crippen molar-refractivity contribution in [1.82, 2.24) is 15.0 Å². The van der Waals surface area contributed by atoms with Crippen molar-refractivity contribution in [2.24, 2.45) is 5.73 Å². The number of methoxy groups -OCH3 is 1. The number of imidazole rings is 1. The number of aromatic amines is 1. The number of nitrogens with two attached hydrogens (primary N) is 1. The zero-order valence-corrected chi connectivity index (χ0v) is 15.6. The van der Waals surface area contributed by atoms with Gasteiger partial charge in [0.1, 0.15) is 5.82 Å². The van der Waals surface area contributed by atoms with E-state index in [0.717, 1.165) is 28.0 Å². The van der Waals surface area contributed by atoms with Gasteiger partial charge < -0.3 is 20.2 Å². The second-order valence-electron chi connectivity index (χ2n) is 6.23. The highest BCUT2D eigenvalue weighted by Crippen LogP contribution is 2.30. The number of ether oxygens (including phenoxy) is 2. The Hall–Kier alpha value is -3.26. The maximum Gasteiger partial charge on any atom is 0.284 e. The molecule has 2 heterocycles. The van der Waals surface area contributed by atoms with Crippen molar-refractivity contribution in [3.8, 4) is 17.1 Å². The molecule has 3 rings (SSSR count). The van der Waals surface area contributed by atoms with Crippen LogP contribution in [0.15, 0.2) is 36.5 Å². The van der Waals surface area contributed by atoms with Crippen molar-refractivity contribution in [3.63, 3.8) is 0 Å². The van der Waals surface area contributed by atoms with Gasteiger partial charge in [0.15, 0.2) is 0 Å². The van der Waals surface area contributed by atoms with Crippen molar-refractivity contribution in [3.05, 3.63) is 42.4 Å². The number of primary amides is 1. The summed E-state index contributed by atoms with van der Waals surface area (Å²) < 4.78 is 10.9. The van der Waals surface area contributed by atoms with Crippen molar-refractivity contribution >= 4 is 22.6 Å². The standard InChI is InChI=1S/C20H22N4O4/c1-27-20-14(11-13-5-2-3-6-15(13)24-20)16-12-22-18(23-16)8-10-28-9-4-7-17(25)19(21)26/h2-3,5-6,11-12H,4,7-10H2,1H3,(H2,21,26)(H,22,23). The number of nitrogens with one attached hydrogen (secondary N) is 1. The first-order chi connectivity index (χ1) is 13.6. The zero-order chi connectivity index (χ0) is 19.9. The molecule has 0 atom stereocenters. The van der Waals surface area contributed by atoms with Crippen LogP contribution in [0.4, 0.5) is 0 Å². The number of carbonyl (C=O) groups is 2. The van der Waals surface area contributed by atoms with Crippen LogP contribution in [0.25, 0.3) is 22.2 Å². The Labute approximate surface area is 162 Å². The number of pyridine rings is 1. The lowest BCUT2D eigenvalue weighted by molar-refractivity contribution is -0.136. The predicted octanol–water partition coefficient (Wildman–Crippen LogP) is 2.03. The van der Waals surface area contributed by atoms with Gasteiger partial charge in [-0.1, -0.05) is 18.2 Å². The Bertz CT molecular complexity index is 983. The summed E-state index contributed by atoms with van der Waals surface area (Å²) in [5.74, 6) is -0.165. The lowest BCUT2D eigenvalue weighted by Gasteiger charge is -2.08. The number of hydrogen-bond acceptors (Lipinski definition) is 6. The third kappa shape index (κ3) is 4.72. The number of nitrogens with zero attached hydrogens (tertiary/aromatic N) is 2. The lowest BCUT2D eigenvalue weighted by Crippen LogP contribution is -2.23. The fourth-order valence-electron chi connectivity index (χ4n) is 2.80. The lowest BCUT2D eigenvalue weighted by atomic mass is 10.1. The van der Waals surface area contributed by atoms with E-state index in [-0.39, 0.29) is 6.42 Å². The van der Waals surface area contributed by atoms with Crippen LogP contribution < -0.4 is 10.5 Å². The van der Waals surface area contributed by atoms with Gasteiger partial charge in [-0.2, -0.15) is 0 Å². The minimum atomic E-state index is -0.901. The van der Waals surface area contributed by atoms with Crippen molar-refractivity contribution in [1.29, 1.82) is 0 Å². The van der Waals surface area contributed by atoms with Crippen LogP contribution in [0.5, 0.6) is 5.88 Å². The van der Waals surface area contributed by atoms with Crippen molar-refractivity contribution in [2.75, 3.05) is 20.3 Å². The minimum Gasteiger partial charge on any atom is -0.480 e. The van der Waals surface area contributed by atoms with Gasteiger partial charge in [-0.05, 0) is 18.6 Å². The second-order valence-corrected chi connectivity index (χ2v) is 6.23. The molecule has 0 aliphatic carbocycles. The van der Waals surface area contributed by atoms with Gasteiger partial charge in [-0.3, -0.25) is 9.59 Å². The van der Waals surface area contributed by atoms with Crippen LogP contribution in [0.2, 0.25) is 0 Å². The van der Waals surface area contributed by atoms with Gasteiger partial charge in [0.25, 0.3) is 5.91 Å². The normalized spacial score (nSPS) is 10.9. The molecule has 0 unspecified atom stereocenters. The first-order valence-electron chi connectivity index (χ1n) is 8.97. The average molecular weight is 382 g/mol. The van der Waals surface area contributed by atoms with Crippen LogP contribution in [-0.2, 0) is 20.7 Å². The number of Topliss-reactive ketones (excluding diaryl/α,β-unsaturated/α-hetero) is 1. The smallest absolute Gasteiger partial charge is 0.284 e. The number of carbonyl (C=O) groups excluding carboxylic acids is 2. The van der Waals surface area contributed by atoms with E-state index >= 15 is 0 Å². The fraction of sp³-hybridized carbons (Fsp3) is 0.300. The van der Waals surface area contributed by atoms with Crippen LogP contribution in [-0.4, -0.2) is 47.0 Å². The molecule has 0 aliphatic heterocycles. The topological polar surface area (TPSA) is 120 Å². The molecule has 2 aromatic heterocycles. The van der Waals surface area contributed by atoms with E-state index in [0.29, 0.717) is 31.9 Å². The largest absolute Gasteiger partial charge is 0.480 e. The number of ketones is 1. The number of fused-ring (bicyclic) bond motifs is 1. The molecule has 0 saturated heterocycles. The first-order valence-corrected chi connectivity index (χ1v) is 8.97. The van der Waals surface area contributed by atoms with Gasteiger partial charge >= 0.3 is 0 Å². The molecule has 3 N–H and O–H groups in total. The molecule has 1 aromatic carbocycles. The number of rotatable bonds is 10. The van der Waals surface area contributed by atoms with Crippen LogP contribution in [0.1, 0.15) is 18.7 Å². The maximum absolute atomic E-state index is 11.1. The molecule has 0 aliphatic rings. The number of aromatic nitrogens is 3. The van der Waals surface area contributed by atoms with Crippen LogP contribution in [0.3, 0.4) is 0 Å². The van der Waals surface area contributed by atoms with Gasteiger partial charge in [-0.15, -0.1) is 0 Å². The summed E-state index contributed by atoms with van der Waals surface area (Å²) in [5, 5.41) is 1.02. The molecule has 0 fully saturated rings. The molecule has 3 aromatic rings.